The van der Waals surface area contributed by atoms with Crippen LogP contribution in [0.15, 0.2) is 24.3 Å². The van der Waals surface area contributed by atoms with E-state index in [9.17, 15) is 0 Å². The van der Waals surface area contributed by atoms with Gasteiger partial charge in [-0.15, -0.1) is 0 Å². The standard InChI is InChI=1S/C16H23NO/c1-2-5-14-12-16(8-7-13(14)4-1)17-15-6-3-10-18-11-9-15/h1-2,4-5,15-17H,3,6-12H2. The first-order valence-corrected chi connectivity index (χ1v) is 7.32. The summed E-state index contributed by atoms with van der Waals surface area (Å²) in [6, 6.07) is 10.2. The third kappa shape index (κ3) is 2.93. The lowest BCUT2D eigenvalue weighted by atomic mass is 9.87. The molecule has 1 aliphatic carbocycles. The highest BCUT2D eigenvalue weighted by Crippen LogP contribution is 2.22. The Bertz CT molecular complexity index is 382. The average Bonchev–Trinajstić information content (AvgIpc) is 2.67. The zero-order valence-corrected chi connectivity index (χ0v) is 11.0. The molecule has 98 valence electrons. The zero-order chi connectivity index (χ0) is 12.2. The minimum atomic E-state index is 0.669. The summed E-state index contributed by atoms with van der Waals surface area (Å²) in [4.78, 5) is 0. The van der Waals surface area contributed by atoms with E-state index in [1.54, 1.807) is 11.1 Å². The molecule has 18 heavy (non-hydrogen) atoms. The van der Waals surface area contributed by atoms with Crippen molar-refractivity contribution in [1.29, 1.82) is 0 Å². The van der Waals surface area contributed by atoms with E-state index >= 15 is 0 Å². The summed E-state index contributed by atoms with van der Waals surface area (Å²) >= 11 is 0. The van der Waals surface area contributed by atoms with Crippen molar-refractivity contribution in [3.8, 4) is 0 Å². The Labute approximate surface area is 110 Å². The van der Waals surface area contributed by atoms with Crippen molar-refractivity contribution >= 4 is 0 Å². The fraction of sp³-hybridized carbons (Fsp3) is 0.625. The van der Waals surface area contributed by atoms with Crippen molar-refractivity contribution in [2.75, 3.05) is 13.2 Å². The van der Waals surface area contributed by atoms with Gasteiger partial charge in [-0.2, -0.15) is 0 Å². The Kier molecular flexibility index (Phi) is 3.96. The van der Waals surface area contributed by atoms with Crippen LogP contribution in [-0.4, -0.2) is 25.3 Å². The van der Waals surface area contributed by atoms with Crippen LogP contribution >= 0.6 is 0 Å². The lowest BCUT2D eigenvalue weighted by molar-refractivity contribution is 0.142. The monoisotopic (exact) mass is 245 g/mol. The minimum Gasteiger partial charge on any atom is -0.381 e. The average molecular weight is 245 g/mol. The molecule has 2 unspecified atom stereocenters. The van der Waals surface area contributed by atoms with Gasteiger partial charge < -0.3 is 10.1 Å². The number of benzene rings is 1. The molecule has 0 radical (unpaired) electrons. The van der Waals surface area contributed by atoms with Crippen molar-refractivity contribution < 1.29 is 4.74 Å². The maximum atomic E-state index is 5.53. The maximum absolute atomic E-state index is 5.53. The van der Waals surface area contributed by atoms with Gasteiger partial charge in [-0.25, -0.2) is 0 Å². The number of fused-ring (bicyclic) bond motifs is 1. The van der Waals surface area contributed by atoms with Gasteiger partial charge in [-0.1, -0.05) is 24.3 Å². The number of hydrogen-bond donors (Lipinski definition) is 1. The van der Waals surface area contributed by atoms with E-state index in [1.807, 2.05) is 0 Å². The molecule has 1 aromatic carbocycles. The molecule has 1 aliphatic heterocycles. The second kappa shape index (κ2) is 5.85. The first kappa shape index (κ1) is 12.2. The van der Waals surface area contributed by atoms with E-state index in [0.29, 0.717) is 12.1 Å². The minimum absolute atomic E-state index is 0.669. The van der Waals surface area contributed by atoms with Crippen molar-refractivity contribution in [3.63, 3.8) is 0 Å². The van der Waals surface area contributed by atoms with Gasteiger partial charge in [0, 0.05) is 25.3 Å². The van der Waals surface area contributed by atoms with Crippen LogP contribution in [0.4, 0.5) is 0 Å². The molecule has 1 N–H and O–H groups in total. The van der Waals surface area contributed by atoms with Crippen LogP contribution in [0, 0.1) is 0 Å². The Morgan fingerprint density at radius 3 is 2.78 bits per heavy atom. The van der Waals surface area contributed by atoms with Gasteiger partial charge in [0.2, 0.25) is 0 Å². The summed E-state index contributed by atoms with van der Waals surface area (Å²) in [5, 5.41) is 3.86. The SMILES string of the molecule is c1ccc2c(c1)CCC(NC1CCCOCC1)C2. The van der Waals surface area contributed by atoms with Crippen LogP contribution in [0.25, 0.3) is 0 Å². The van der Waals surface area contributed by atoms with Crippen LogP contribution in [0.5, 0.6) is 0 Å². The summed E-state index contributed by atoms with van der Waals surface area (Å²) in [6.07, 6.45) is 7.39. The molecule has 1 aromatic rings. The van der Waals surface area contributed by atoms with Crippen molar-refractivity contribution in [1.82, 2.24) is 5.32 Å². The topological polar surface area (TPSA) is 21.3 Å². The molecule has 2 heteroatoms. The van der Waals surface area contributed by atoms with Crippen LogP contribution in [0.1, 0.15) is 36.8 Å². The lowest BCUT2D eigenvalue weighted by Crippen LogP contribution is -2.41. The van der Waals surface area contributed by atoms with E-state index in [-0.39, 0.29) is 0 Å². The molecule has 2 atom stereocenters. The molecule has 0 spiro atoms. The summed E-state index contributed by atoms with van der Waals surface area (Å²) < 4.78 is 5.53. The lowest BCUT2D eigenvalue weighted by Gasteiger charge is -2.29. The van der Waals surface area contributed by atoms with Gasteiger partial charge in [0.15, 0.2) is 0 Å². The van der Waals surface area contributed by atoms with Gasteiger partial charge in [0.05, 0.1) is 0 Å². The molecule has 0 amide bonds. The molecule has 0 aromatic heterocycles. The Morgan fingerprint density at radius 1 is 0.944 bits per heavy atom. The smallest absolute Gasteiger partial charge is 0.0480 e. The highest BCUT2D eigenvalue weighted by atomic mass is 16.5. The Hall–Kier alpha value is -0.860. The molecule has 0 bridgehead atoms. The normalized spacial score (nSPS) is 28.4. The predicted molar refractivity (Wildman–Crippen MR) is 73.8 cm³/mol. The fourth-order valence-corrected chi connectivity index (χ4v) is 3.24. The second-order valence-electron chi connectivity index (χ2n) is 5.62. The van der Waals surface area contributed by atoms with Gasteiger partial charge in [0.1, 0.15) is 0 Å². The molecule has 2 nitrogen and oxygen atoms in total. The molecule has 1 heterocycles. The molecule has 2 aliphatic rings. The van der Waals surface area contributed by atoms with E-state index in [1.165, 1.54) is 38.5 Å². The van der Waals surface area contributed by atoms with Crippen LogP contribution in [0.3, 0.4) is 0 Å². The second-order valence-corrected chi connectivity index (χ2v) is 5.62. The van der Waals surface area contributed by atoms with Gasteiger partial charge in [0.25, 0.3) is 0 Å². The fourth-order valence-electron chi connectivity index (χ4n) is 3.24. The number of nitrogens with one attached hydrogen (secondary N) is 1. The van der Waals surface area contributed by atoms with E-state index in [0.717, 1.165) is 13.2 Å². The van der Waals surface area contributed by atoms with E-state index in [2.05, 4.69) is 29.6 Å². The molecule has 0 saturated carbocycles. The number of ether oxygens (including phenoxy) is 1. The Balaban J connectivity index is 1.58. The quantitative estimate of drug-likeness (QED) is 0.865. The highest BCUT2D eigenvalue weighted by molar-refractivity contribution is 5.30. The van der Waals surface area contributed by atoms with Crippen LogP contribution < -0.4 is 5.32 Å². The maximum Gasteiger partial charge on any atom is 0.0480 e. The van der Waals surface area contributed by atoms with Crippen molar-refractivity contribution in [3.05, 3.63) is 35.4 Å². The van der Waals surface area contributed by atoms with Gasteiger partial charge >= 0.3 is 0 Å². The predicted octanol–water partition coefficient (Wildman–Crippen LogP) is 2.70. The third-order valence-corrected chi connectivity index (χ3v) is 4.27. The Morgan fingerprint density at radius 2 is 1.83 bits per heavy atom. The zero-order valence-electron chi connectivity index (χ0n) is 11.0. The summed E-state index contributed by atoms with van der Waals surface area (Å²) in [5.74, 6) is 0. The molecule has 3 rings (SSSR count). The van der Waals surface area contributed by atoms with Crippen LogP contribution in [0.2, 0.25) is 0 Å². The largest absolute Gasteiger partial charge is 0.381 e. The van der Waals surface area contributed by atoms with Gasteiger partial charge in [-0.05, 0) is 49.7 Å². The first-order valence-electron chi connectivity index (χ1n) is 7.32. The molecular weight excluding hydrogens is 222 g/mol. The molecule has 1 fully saturated rings. The third-order valence-electron chi connectivity index (χ3n) is 4.27. The summed E-state index contributed by atoms with van der Waals surface area (Å²) in [6.45, 7) is 1.88. The number of hydrogen-bond acceptors (Lipinski definition) is 2. The van der Waals surface area contributed by atoms with E-state index in [4.69, 9.17) is 4.74 Å². The first-order chi connectivity index (χ1) is 8.92. The summed E-state index contributed by atoms with van der Waals surface area (Å²) in [7, 11) is 0. The molecule has 1 saturated heterocycles. The van der Waals surface area contributed by atoms with E-state index < -0.39 is 0 Å². The number of aryl methyl sites for hydroxylation is 1. The van der Waals surface area contributed by atoms with Crippen LogP contribution in [-0.2, 0) is 17.6 Å². The number of rotatable bonds is 2. The summed E-state index contributed by atoms with van der Waals surface area (Å²) in [5.41, 5.74) is 3.10. The van der Waals surface area contributed by atoms with Gasteiger partial charge in [-0.3, -0.25) is 0 Å². The van der Waals surface area contributed by atoms with Crippen molar-refractivity contribution in [2.45, 2.75) is 50.6 Å². The molecular formula is C16H23NO. The highest BCUT2D eigenvalue weighted by Gasteiger charge is 2.21. The van der Waals surface area contributed by atoms with Crippen molar-refractivity contribution in [2.24, 2.45) is 0 Å².